The second-order valence-electron chi connectivity index (χ2n) is 6.00. The molecule has 1 aromatic heterocycles. The Balaban J connectivity index is 1.78. The molecule has 0 aliphatic carbocycles. The van der Waals surface area contributed by atoms with E-state index in [1.807, 2.05) is 31.2 Å². The molecule has 3 aromatic rings. The van der Waals surface area contributed by atoms with Crippen LogP contribution in [0.3, 0.4) is 0 Å². The van der Waals surface area contributed by atoms with Crippen molar-refractivity contribution in [3.05, 3.63) is 63.2 Å². The summed E-state index contributed by atoms with van der Waals surface area (Å²) in [6.07, 6.45) is 0.923. The molecule has 0 fully saturated rings. The van der Waals surface area contributed by atoms with Crippen LogP contribution in [-0.2, 0) is 17.9 Å². The third-order valence-electron chi connectivity index (χ3n) is 4.14. The Hall–Kier alpha value is -2.41. The Morgan fingerprint density at radius 2 is 1.77 bits per heavy atom. The number of nitrogens with one attached hydrogen (secondary N) is 1. The molecule has 2 aromatic carbocycles. The van der Waals surface area contributed by atoms with Gasteiger partial charge in [-0.15, -0.1) is 0 Å². The number of halogens is 2. The SMILES string of the molecule is CCCn1c(=O)n(CCC(=O)Nc2ccc(Br)cc2F)c2ccccc21. The molecular formula is C19H19BrFN3O2. The molecule has 0 spiro atoms. The van der Waals surface area contributed by atoms with Gasteiger partial charge in [-0.3, -0.25) is 13.9 Å². The lowest BCUT2D eigenvalue weighted by atomic mass is 10.3. The molecule has 3 rings (SSSR count). The summed E-state index contributed by atoms with van der Waals surface area (Å²) in [5.74, 6) is -0.852. The molecular weight excluding hydrogens is 401 g/mol. The van der Waals surface area contributed by atoms with Gasteiger partial charge in [0.05, 0.1) is 16.7 Å². The van der Waals surface area contributed by atoms with Gasteiger partial charge in [0, 0.05) is 24.0 Å². The Bertz CT molecular complexity index is 1010. The fraction of sp³-hybridized carbons (Fsp3) is 0.263. The fourth-order valence-corrected chi connectivity index (χ4v) is 3.28. The Kier molecular flexibility index (Phi) is 5.56. The first kappa shape index (κ1) is 18.4. The van der Waals surface area contributed by atoms with Gasteiger partial charge in [0.1, 0.15) is 5.82 Å². The van der Waals surface area contributed by atoms with Crippen LogP contribution in [-0.4, -0.2) is 15.0 Å². The lowest BCUT2D eigenvalue weighted by Gasteiger charge is -2.07. The molecule has 0 atom stereocenters. The molecule has 136 valence electrons. The largest absolute Gasteiger partial charge is 0.329 e. The van der Waals surface area contributed by atoms with E-state index in [0.717, 1.165) is 17.5 Å². The van der Waals surface area contributed by atoms with Gasteiger partial charge >= 0.3 is 5.69 Å². The molecule has 0 aliphatic rings. The van der Waals surface area contributed by atoms with Crippen LogP contribution in [0.1, 0.15) is 19.8 Å². The average molecular weight is 420 g/mol. The number of amides is 1. The highest BCUT2D eigenvalue weighted by Gasteiger charge is 2.14. The van der Waals surface area contributed by atoms with E-state index in [1.54, 1.807) is 15.2 Å². The molecule has 0 unspecified atom stereocenters. The number of hydrogen-bond acceptors (Lipinski definition) is 2. The number of anilines is 1. The quantitative estimate of drug-likeness (QED) is 0.652. The summed E-state index contributed by atoms with van der Waals surface area (Å²) in [6.45, 7) is 2.88. The first-order chi connectivity index (χ1) is 12.5. The standard InChI is InChI=1S/C19H19BrFN3O2/c1-2-10-23-16-5-3-4-6-17(16)24(19(23)26)11-9-18(25)22-15-8-7-13(20)12-14(15)21/h3-8,12H,2,9-11H2,1H3,(H,22,25). The maximum Gasteiger partial charge on any atom is 0.329 e. The minimum Gasteiger partial charge on any atom is -0.324 e. The summed E-state index contributed by atoms with van der Waals surface area (Å²) in [7, 11) is 0. The maximum absolute atomic E-state index is 13.8. The van der Waals surface area contributed by atoms with Crippen LogP contribution in [0.15, 0.2) is 51.7 Å². The summed E-state index contributed by atoms with van der Waals surface area (Å²) in [5.41, 5.74) is 1.65. The number of benzene rings is 2. The third kappa shape index (κ3) is 3.72. The van der Waals surface area contributed by atoms with Gasteiger partial charge < -0.3 is 5.32 Å². The molecule has 26 heavy (non-hydrogen) atoms. The smallest absolute Gasteiger partial charge is 0.324 e. The lowest BCUT2D eigenvalue weighted by Crippen LogP contribution is -2.26. The number of hydrogen-bond donors (Lipinski definition) is 1. The van der Waals surface area contributed by atoms with E-state index in [0.29, 0.717) is 11.0 Å². The van der Waals surface area contributed by atoms with Crippen molar-refractivity contribution in [2.75, 3.05) is 5.32 Å². The molecule has 5 nitrogen and oxygen atoms in total. The van der Waals surface area contributed by atoms with Gasteiger partial charge in [-0.1, -0.05) is 35.0 Å². The zero-order valence-electron chi connectivity index (χ0n) is 14.3. The van der Waals surface area contributed by atoms with Crippen molar-refractivity contribution in [2.45, 2.75) is 32.9 Å². The monoisotopic (exact) mass is 419 g/mol. The van der Waals surface area contributed by atoms with Crippen molar-refractivity contribution < 1.29 is 9.18 Å². The number of rotatable bonds is 6. The van der Waals surface area contributed by atoms with E-state index in [-0.39, 0.29) is 30.2 Å². The van der Waals surface area contributed by atoms with Crippen molar-refractivity contribution in [1.82, 2.24) is 9.13 Å². The van der Waals surface area contributed by atoms with Crippen LogP contribution in [0.4, 0.5) is 10.1 Å². The number of aryl methyl sites for hydroxylation is 2. The van der Waals surface area contributed by atoms with Crippen LogP contribution >= 0.6 is 15.9 Å². The molecule has 0 aliphatic heterocycles. The molecule has 0 saturated carbocycles. The first-order valence-corrected chi connectivity index (χ1v) is 9.23. The summed E-state index contributed by atoms with van der Waals surface area (Å²) >= 11 is 3.18. The molecule has 0 bridgehead atoms. The van der Waals surface area contributed by atoms with Gasteiger partial charge in [0.25, 0.3) is 0 Å². The van der Waals surface area contributed by atoms with Crippen LogP contribution in [0.5, 0.6) is 0 Å². The lowest BCUT2D eigenvalue weighted by molar-refractivity contribution is -0.116. The number of nitrogens with zero attached hydrogens (tertiary/aromatic N) is 2. The molecule has 1 amide bonds. The summed E-state index contributed by atoms with van der Waals surface area (Å²) < 4.78 is 17.8. The Morgan fingerprint density at radius 3 is 2.38 bits per heavy atom. The van der Waals surface area contributed by atoms with E-state index >= 15 is 0 Å². The summed E-state index contributed by atoms with van der Waals surface area (Å²) in [6, 6.07) is 12.0. The molecule has 1 heterocycles. The van der Waals surface area contributed by atoms with Gasteiger partial charge in [-0.2, -0.15) is 0 Å². The average Bonchev–Trinajstić information content (AvgIpc) is 2.88. The van der Waals surface area contributed by atoms with Crippen molar-refractivity contribution in [3.8, 4) is 0 Å². The number of carbonyl (C=O) groups is 1. The van der Waals surface area contributed by atoms with Crippen molar-refractivity contribution in [1.29, 1.82) is 0 Å². The van der Waals surface area contributed by atoms with Crippen LogP contribution in [0.25, 0.3) is 11.0 Å². The second kappa shape index (κ2) is 7.86. The summed E-state index contributed by atoms with van der Waals surface area (Å²) in [5, 5.41) is 2.55. The van der Waals surface area contributed by atoms with E-state index < -0.39 is 5.82 Å². The van der Waals surface area contributed by atoms with E-state index in [1.165, 1.54) is 12.1 Å². The maximum atomic E-state index is 13.8. The van der Waals surface area contributed by atoms with Crippen LogP contribution < -0.4 is 11.0 Å². The minimum absolute atomic E-state index is 0.0789. The normalized spacial score (nSPS) is 11.0. The zero-order chi connectivity index (χ0) is 18.7. The van der Waals surface area contributed by atoms with Crippen LogP contribution in [0, 0.1) is 5.82 Å². The number of carbonyl (C=O) groups excluding carboxylic acids is 1. The van der Waals surface area contributed by atoms with Gasteiger partial charge in [-0.05, 0) is 36.8 Å². The Morgan fingerprint density at radius 1 is 1.12 bits per heavy atom. The van der Waals surface area contributed by atoms with E-state index in [2.05, 4.69) is 21.2 Å². The highest BCUT2D eigenvalue weighted by molar-refractivity contribution is 9.10. The third-order valence-corrected chi connectivity index (χ3v) is 4.63. The molecule has 1 N–H and O–H groups in total. The number of imidazole rings is 1. The van der Waals surface area contributed by atoms with Crippen LogP contribution in [0.2, 0.25) is 0 Å². The molecule has 7 heteroatoms. The zero-order valence-corrected chi connectivity index (χ0v) is 15.9. The number of aromatic nitrogens is 2. The Labute approximate surface area is 158 Å². The van der Waals surface area contributed by atoms with Crippen molar-refractivity contribution >= 4 is 38.6 Å². The van der Waals surface area contributed by atoms with Gasteiger partial charge in [0.15, 0.2) is 0 Å². The molecule has 0 radical (unpaired) electrons. The predicted octanol–water partition coefficient (Wildman–Crippen LogP) is 4.14. The number of para-hydroxylation sites is 2. The fourth-order valence-electron chi connectivity index (χ4n) is 2.95. The topological polar surface area (TPSA) is 56.0 Å². The van der Waals surface area contributed by atoms with Gasteiger partial charge in [-0.25, -0.2) is 9.18 Å². The molecule has 0 saturated heterocycles. The van der Waals surface area contributed by atoms with E-state index in [9.17, 15) is 14.0 Å². The number of fused-ring (bicyclic) bond motifs is 1. The minimum atomic E-state index is -0.510. The second-order valence-corrected chi connectivity index (χ2v) is 6.91. The predicted molar refractivity (Wildman–Crippen MR) is 104 cm³/mol. The van der Waals surface area contributed by atoms with Gasteiger partial charge in [0.2, 0.25) is 5.91 Å². The van der Waals surface area contributed by atoms with Crippen molar-refractivity contribution in [2.24, 2.45) is 0 Å². The highest BCUT2D eigenvalue weighted by Crippen LogP contribution is 2.19. The van der Waals surface area contributed by atoms with E-state index in [4.69, 9.17) is 0 Å². The van der Waals surface area contributed by atoms with Crippen molar-refractivity contribution in [3.63, 3.8) is 0 Å². The first-order valence-electron chi connectivity index (χ1n) is 8.44. The summed E-state index contributed by atoms with van der Waals surface area (Å²) in [4.78, 5) is 24.9. The highest BCUT2D eigenvalue weighted by atomic mass is 79.9.